The molecule has 0 fully saturated rings. The van der Waals surface area contributed by atoms with Crippen molar-refractivity contribution in [3.05, 3.63) is 60.2 Å². The van der Waals surface area contributed by atoms with Gasteiger partial charge >= 0.3 is 5.97 Å². The summed E-state index contributed by atoms with van der Waals surface area (Å²) in [7, 11) is 1.56. The zero-order chi connectivity index (χ0) is 18.8. The molecule has 0 saturated carbocycles. The van der Waals surface area contributed by atoms with E-state index in [0.29, 0.717) is 18.0 Å². The van der Waals surface area contributed by atoms with Crippen molar-refractivity contribution in [1.82, 2.24) is 0 Å². The second-order valence-corrected chi connectivity index (χ2v) is 5.22. The normalized spacial score (nSPS) is 10.4. The van der Waals surface area contributed by atoms with Crippen LogP contribution in [0, 0.1) is 0 Å². The van der Waals surface area contributed by atoms with Crippen molar-refractivity contribution in [3.8, 4) is 11.5 Å². The van der Waals surface area contributed by atoms with E-state index in [4.69, 9.17) is 14.2 Å². The minimum Gasteiger partial charge on any atom is -0.497 e. The van der Waals surface area contributed by atoms with Gasteiger partial charge < -0.3 is 19.5 Å². The zero-order valence-corrected chi connectivity index (χ0v) is 14.7. The number of ether oxygens (including phenoxy) is 3. The van der Waals surface area contributed by atoms with E-state index in [0.717, 1.165) is 11.3 Å². The highest BCUT2D eigenvalue weighted by Crippen LogP contribution is 2.15. The third-order valence-electron chi connectivity index (χ3n) is 3.32. The molecule has 0 unspecified atom stereocenters. The number of hydrogen-bond acceptors (Lipinski definition) is 5. The smallest absolute Gasteiger partial charge is 0.331 e. The monoisotopic (exact) mass is 355 g/mol. The molecular formula is C20H21NO5. The Hall–Kier alpha value is -3.28. The number of esters is 1. The van der Waals surface area contributed by atoms with Crippen molar-refractivity contribution in [3.63, 3.8) is 0 Å². The molecule has 2 rings (SSSR count). The molecule has 6 nitrogen and oxygen atoms in total. The number of nitrogens with one attached hydrogen (secondary N) is 1. The van der Waals surface area contributed by atoms with Gasteiger partial charge in [-0.25, -0.2) is 4.79 Å². The van der Waals surface area contributed by atoms with Gasteiger partial charge in [-0.3, -0.25) is 4.79 Å². The molecule has 26 heavy (non-hydrogen) atoms. The fourth-order valence-electron chi connectivity index (χ4n) is 2.06. The molecule has 0 aliphatic rings. The van der Waals surface area contributed by atoms with Gasteiger partial charge in [0.05, 0.1) is 13.7 Å². The van der Waals surface area contributed by atoms with Crippen molar-refractivity contribution >= 4 is 23.6 Å². The van der Waals surface area contributed by atoms with Crippen molar-refractivity contribution in [2.75, 3.05) is 25.6 Å². The van der Waals surface area contributed by atoms with Crippen LogP contribution in [0.2, 0.25) is 0 Å². The molecule has 0 radical (unpaired) electrons. The summed E-state index contributed by atoms with van der Waals surface area (Å²) in [6.45, 7) is 2.15. The van der Waals surface area contributed by atoms with Gasteiger partial charge in [-0.2, -0.15) is 0 Å². The molecule has 1 N–H and O–H groups in total. The molecule has 6 heteroatoms. The predicted molar refractivity (Wildman–Crippen MR) is 99.2 cm³/mol. The van der Waals surface area contributed by atoms with Gasteiger partial charge in [0.1, 0.15) is 11.5 Å². The van der Waals surface area contributed by atoms with Crippen molar-refractivity contribution in [2.45, 2.75) is 6.92 Å². The Kier molecular flexibility index (Phi) is 7.24. The van der Waals surface area contributed by atoms with Crippen LogP contribution in [-0.2, 0) is 14.3 Å². The zero-order valence-electron chi connectivity index (χ0n) is 14.7. The lowest BCUT2D eigenvalue weighted by Gasteiger charge is -2.06. The van der Waals surface area contributed by atoms with Crippen LogP contribution in [0.3, 0.4) is 0 Å². The Bertz CT molecular complexity index is 751. The molecule has 0 aliphatic carbocycles. The van der Waals surface area contributed by atoms with Crippen molar-refractivity contribution in [1.29, 1.82) is 0 Å². The van der Waals surface area contributed by atoms with E-state index in [1.54, 1.807) is 37.5 Å². The maximum Gasteiger partial charge on any atom is 0.331 e. The average Bonchev–Trinajstić information content (AvgIpc) is 2.66. The molecule has 0 aromatic heterocycles. The lowest BCUT2D eigenvalue weighted by atomic mass is 10.2. The van der Waals surface area contributed by atoms with Gasteiger partial charge in [0.2, 0.25) is 0 Å². The highest BCUT2D eigenvalue weighted by Gasteiger charge is 2.06. The summed E-state index contributed by atoms with van der Waals surface area (Å²) < 4.78 is 15.3. The van der Waals surface area contributed by atoms with E-state index >= 15 is 0 Å². The average molecular weight is 355 g/mol. The summed E-state index contributed by atoms with van der Waals surface area (Å²) in [5.74, 6) is 0.443. The van der Waals surface area contributed by atoms with Crippen LogP contribution in [0.25, 0.3) is 6.08 Å². The maximum atomic E-state index is 11.8. The maximum absolute atomic E-state index is 11.8. The van der Waals surface area contributed by atoms with Gasteiger partial charge in [0.15, 0.2) is 6.61 Å². The summed E-state index contributed by atoms with van der Waals surface area (Å²) >= 11 is 0. The van der Waals surface area contributed by atoms with E-state index in [9.17, 15) is 9.59 Å². The number of rotatable bonds is 8. The van der Waals surface area contributed by atoms with Gasteiger partial charge in [0, 0.05) is 11.8 Å². The molecular weight excluding hydrogens is 334 g/mol. The Morgan fingerprint density at radius 1 is 1.00 bits per heavy atom. The third-order valence-corrected chi connectivity index (χ3v) is 3.32. The Morgan fingerprint density at radius 3 is 2.27 bits per heavy atom. The lowest BCUT2D eigenvalue weighted by Crippen LogP contribution is -2.20. The van der Waals surface area contributed by atoms with Gasteiger partial charge in [-0.1, -0.05) is 12.1 Å². The van der Waals surface area contributed by atoms with E-state index < -0.39 is 11.9 Å². The first-order valence-electron chi connectivity index (χ1n) is 8.12. The van der Waals surface area contributed by atoms with Crippen LogP contribution in [0.5, 0.6) is 11.5 Å². The number of methoxy groups -OCH3 is 1. The van der Waals surface area contributed by atoms with Crippen LogP contribution in [0.1, 0.15) is 12.5 Å². The Labute approximate surface area is 152 Å². The van der Waals surface area contributed by atoms with Crippen LogP contribution >= 0.6 is 0 Å². The highest BCUT2D eigenvalue weighted by atomic mass is 16.5. The summed E-state index contributed by atoms with van der Waals surface area (Å²) in [5, 5.41) is 2.63. The van der Waals surface area contributed by atoms with Crippen molar-refractivity contribution in [2.24, 2.45) is 0 Å². The Balaban J connectivity index is 1.77. The number of carbonyl (C=O) groups is 2. The van der Waals surface area contributed by atoms with E-state index in [-0.39, 0.29) is 6.61 Å². The van der Waals surface area contributed by atoms with Crippen LogP contribution in [-0.4, -0.2) is 32.2 Å². The van der Waals surface area contributed by atoms with Crippen LogP contribution in [0.15, 0.2) is 54.6 Å². The summed E-state index contributed by atoms with van der Waals surface area (Å²) in [4.78, 5) is 23.5. The summed E-state index contributed by atoms with van der Waals surface area (Å²) in [6.07, 6.45) is 2.88. The summed E-state index contributed by atoms with van der Waals surface area (Å²) in [6, 6.07) is 14.1. The van der Waals surface area contributed by atoms with Gasteiger partial charge in [-0.05, 0) is 55.0 Å². The standard InChI is InChI=1S/C20H21NO5/c1-3-25-18-9-4-15(5-10-18)6-13-20(23)26-14-19(22)21-16-7-11-17(24-2)12-8-16/h4-13H,3,14H2,1-2H3,(H,21,22)/b13-6+. The molecule has 1 amide bonds. The number of hydrogen-bond donors (Lipinski definition) is 1. The van der Waals surface area contributed by atoms with Gasteiger partial charge in [0.25, 0.3) is 5.91 Å². The first-order valence-corrected chi connectivity index (χ1v) is 8.12. The first kappa shape index (κ1) is 19.1. The molecule has 2 aromatic carbocycles. The fraction of sp³-hybridized carbons (Fsp3) is 0.200. The van der Waals surface area contributed by atoms with Crippen LogP contribution < -0.4 is 14.8 Å². The quantitative estimate of drug-likeness (QED) is 0.581. The fourth-order valence-corrected chi connectivity index (χ4v) is 2.06. The number of amides is 1. The first-order chi connectivity index (χ1) is 12.6. The molecule has 0 bridgehead atoms. The third kappa shape index (κ3) is 6.32. The van der Waals surface area contributed by atoms with Crippen molar-refractivity contribution < 1.29 is 23.8 Å². The largest absolute Gasteiger partial charge is 0.497 e. The molecule has 136 valence electrons. The molecule has 0 saturated heterocycles. The SMILES string of the molecule is CCOc1ccc(/C=C/C(=O)OCC(=O)Nc2ccc(OC)cc2)cc1. The highest BCUT2D eigenvalue weighted by molar-refractivity contribution is 5.94. The summed E-state index contributed by atoms with van der Waals surface area (Å²) in [5.41, 5.74) is 1.42. The molecule has 2 aromatic rings. The van der Waals surface area contributed by atoms with Crippen LogP contribution in [0.4, 0.5) is 5.69 Å². The molecule has 0 heterocycles. The molecule has 0 atom stereocenters. The number of anilines is 1. The topological polar surface area (TPSA) is 73.9 Å². The number of benzene rings is 2. The Morgan fingerprint density at radius 2 is 1.65 bits per heavy atom. The molecule has 0 spiro atoms. The van der Waals surface area contributed by atoms with E-state index in [2.05, 4.69) is 5.32 Å². The minimum absolute atomic E-state index is 0.363. The minimum atomic E-state index is -0.594. The van der Waals surface area contributed by atoms with E-state index in [1.807, 2.05) is 31.2 Å². The molecule has 0 aliphatic heterocycles. The van der Waals surface area contributed by atoms with E-state index in [1.165, 1.54) is 6.08 Å². The second-order valence-electron chi connectivity index (χ2n) is 5.22. The lowest BCUT2D eigenvalue weighted by molar-refractivity contribution is -0.142. The number of carbonyl (C=O) groups excluding carboxylic acids is 2. The van der Waals surface area contributed by atoms with Gasteiger partial charge in [-0.15, -0.1) is 0 Å². The second kappa shape index (κ2) is 9.88. The predicted octanol–water partition coefficient (Wildman–Crippen LogP) is 3.29.